The van der Waals surface area contributed by atoms with E-state index in [-0.39, 0.29) is 30.7 Å². The van der Waals surface area contributed by atoms with E-state index in [4.69, 9.17) is 9.15 Å². The van der Waals surface area contributed by atoms with Crippen LogP contribution in [0.5, 0.6) is 5.75 Å². The maximum Gasteiger partial charge on any atom is 0.227 e. The number of carbonyl (C=O) groups excluding carboxylic acids is 2. The normalized spacial score (nSPS) is 16.1. The number of anilines is 1. The lowest BCUT2D eigenvalue weighted by molar-refractivity contribution is -0.126. The molecule has 0 bridgehead atoms. The highest BCUT2D eigenvalue weighted by atomic mass is 32.1. The van der Waals surface area contributed by atoms with E-state index in [0.717, 1.165) is 22.1 Å². The summed E-state index contributed by atoms with van der Waals surface area (Å²) in [6.45, 7) is 5.09. The van der Waals surface area contributed by atoms with Crippen molar-refractivity contribution >= 4 is 28.8 Å². The van der Waals surface area contributed by atoms with Crippen molar-refractivity contribution in [3.8, 4) is 17.2 Å². The summed E-state index contributed by atoms with van der Waals surface area (Å²) in [7, 11) is 0. The highest BCUT2D eigenvalue weighted by Crippen LogP contribution is 2.27. The Balaban J connectivity index is 1.33. The Morgan fingerprint density at radius 2 is 2.10 bits per heavy atom. The fraction of sp³-hybridized carbons (Fsp3) is 0.318. The van der Waals surface area contributed by atoms with Crippen LogP contribution in [0.25, 0.3) is 11.5 Å². The number of aryl methyl sites for hydroxylation is 1. The molecule has 1 aliphatic rings. The van der Waals surface area contributed by atoms with Crippen molar-refractivity contribution in [3.63, 3.8) is 0 Å². The smallest absolute Gasteiger partial charge is 0.227 e. The van der Waals surface area contributed by atoms with Gasteiger partial charge in [0.15, 0.2) is 5.76 Å². The lowest BCUT2D eigenvalue weighted by Crippen LogP contribution is -2.32. The minimum absolute atomic E-state index is 0.0569. The van der Waals surface area contributed by atoms with Crippen molar-refractivity contribution in [2.75, 3.05) is 18.1 Å². The Labute approximate surface area is 178 Å². The van der Waals surface area contributed by atoms with Gasteiger partial charge in [-0.3, -0.25) is 9.59 Å². The highest BCUT2D eigenvalue weighted by Gasteiger charge is 2.35. The zero-order valence-electron chi connectivity index (χ0n) is 16.9. The van der Waals surface area contributed by atoms with E-state index in [1.54, 1.807) is 16.2 Å². The Morgan fingerprint density at radius 1 is 1.30 bits per heavy atom. The predicted molar refractivity (Wildman–Crippen MR) is 114 cm³/mol. The van der Waals surface area contributed by atoms with Crippen LogP contribution < -0.4 is 15.0 Å². The number of amides is 2. The number of carbonyl (C=O) groups is 2. The fourth-order valence-electron chi connectivity index (χ4n) is 3.43. The van der Waals surface area contributed by atoms with Crippen LogP contribution in [0.4, 0.5) is 5.69 Å². The van der Waals surface area contributed by atoms with Gasteiger partial charge in [0.05, 0.1) is 24.1 Å². The van der Waals surface area contributed by atoms with Gasteiger partial charge in [0.2, 0.25) is 11.8 Å². The van der Waals surface area contributed by atoms with Crippen LogP contribution >= 0.6 is 11.3 Å². The van der Waals surface area contributed by atoms with E-state index in [1.165, 1.54) is 0 Å². The Morgan fingerprint density at radius 3 is 2.80 bits per heavy atom. The average Bonchev–Trinajstić information content (AvgIpc) is 3.47. The molecule has 8 heteroatoms. The molecule has 3 aromatic rings. The first-order valence-corrected chi connectivity index (χ1v) is 10.7. The number of aromatic nitrogens is 1. The Hall–Kier alpha value is -3.13. The number of nitrogens with zero attached hydrogens (tertiary/aromatic N) is 2. The largest absolute Gasteiger partial charge is 0.494 e. The number of furan rings is 1. The monoisotopic (exact) mass is 425 g/mol. The molecule has 0 radical (unpaired) electrons. The van der Waals surface area contributed by atoms with Gasteiger partial charge in [-0.1, -0.05) is 0 Å². The third kappa shape index (κ3) is 4.38. The second-order valence-electron chi connectivity index (χ2n) is 7.07. The van der Waals surface area contributed by atoms with Gasteiger partial charge in [0.1, 0.15) is 17.2 Å². The lowest BCUT2D eigenvalue weighted by atomic mass is 10.1. The van der Waals surface area contributed by atoms with Gasteiger partial charge >= 0.3 is 0 Å². The van der Waals surface area contributed by atoms with Gasteiger partial charge in [-0.15, -0.1) is 11.3 Å². The summed E-state index contributed by atoms with van der Waals surface area (Å²) in [6.07, 6.45) is 0.195. The summed E-state index contributed by atoms with van der Waals surface area (Å²) in [4.78, 5) is 31.1. The van der Waals surface area contributed by atoms with Crippen LogP contribution in [-0.2, 0) is 16.1 Å². The van der Waals surface area contributed by atoms with Gasteiger partial charge in [0.25, 0.3) is 0 Å². The molecule has 0 aliphatic carbocycles. The van der Waals surface area contributed by atoms with Crippen LogP contribution in [0.1, 0.15) is 24.1 Å². The van der Waals surface area contributed by atoms with Crippen LogP contribution in [0.3, 0.4) is 0 Å². The minimum atomic E-state index is -0.389. The first kappa shape index (κ1) is 20.2. The predicted octanol–water partition coefficient (Wildman–Crippen LogP) is 3.78. The van der Waals surface area contributed by atoms with Crippen LogP contribution in [0.15, 0.2) is 46.2 Å². The number of benzene rings is 1. The van der Waals surface area contributed by atoms with E-state index in [9.17, 15) is 9.59 Å². The molecule has 0 spiro atoms. The molecule has 1 N–H and O–H groups in total. The molecule has 3 heterocycles. The van der Waals surface area contributed by atoms with Gasteiger partial charge in [-0.2, -0.15) is 0 Å². The van der Waals surface area contributed by atoms with Crippen molar-refractivity contribution in [2.24, 2.45) is 5.92 Å². The van der Waals surface area contributed by atoms with E-state index < -0.39 is 0 Å². The summed E-state index contributed by atoms with van der Waals surface area (Å²) >= 11 is 1.56. The van der Waals surface area contributed by atoms with Crippen LogP contribution in [0, 0.1) is 12.8 Å². The molecule has 4 rings (SSSR count). The zero-order chi connectivity index (χ0) is 21.1. The van der Waals surface area contributed by atoms with Crippen molar-refractivity contribution < 1.29 is 18.7 Å². The molecule has 30 heavy (non-hydrogen) atoms. The molecule has 0 saturated carbocycles. The molecule has 0 unspecified atom stereocenters. The minimum Gasteiger partial charge on any atom is -0.494 e. The second kappa shape index (κ2) is 8.71. The van der Waals surface area contributed by atoms with E-state index in [0.29, 0.717) is 24.7 Å². The van der Waals surface area contributed by atoms with Gasteiger partial charge in [-0.25, -0.2) is 4.98 Å². The summed E-state index contributed by atoms with van der Waals surface area (Å²) < 4.78 is 11.2. The SMILES string of the molecule is CCOc1ccc(N2C[C@H](C(=O)NCc3ccc(-c4csc(C)n4)o3)CC2=O)cc1. The second-order valence-corrected chi connectivity index (χ2v) is 8.13. The number of hydrogen-bond acceptors (Lipinski definition) is 6. The maximum absolute atomic E-state index is 12.6. The van der Waals surface area contributed by atoms with Crippen LogP contribution in [0.2, 0.25) is 0 Å². The lowest BCUT2D eigenvalue weighted by Gasteiger charge is -2.17. The van der Waals surface area contributed by atoms with E-state index >= 15 is 0 Å². The molecule has 2 amide bonds. The number of ether oxygens (including phenoxy) is 1. The van der Waals surface area contributed by atoms with Crippen molar-refractivity contribution in [3.05, 3.63) is 52.5 Å². The van der Waals surface area contributed by atoms with E-state index in [1.807, 2.05) is 55.6 Å². The van der Waals surface area contributed by atoms with Gasteiger partial charge in [0, 0.05) is 24.0 Å². The molecular weight excluding hydrogens is 402 g/mol. The molecule has 1 saturated heterocycles. The molecule has 1 fully saturated rings. The molecule has 1 aromatic carbocycles. The summed E-state index contributed by atoms with van der Waals surface area (Å²) in [5.74, 6) is 1.49. The number of thiazole rings is 1. The van der Waals surface area contributed by atoms with Gasteiger partial charge in [-0.05, 0) is 50.2 Å². The molecular formula is C22H23N3O4S. The highest BCUT2D eigenvalue weighted by molar-refractivity contribution is 7.09. The third-order valence-corrected chi connectivity index (χ3v) is 5.70. The number of nitrogens with one attached hydrogen (secondary N) is 1. The Kier molecular flexibility index (Phi) is 5.85. The molecule has 156 valence electrons. The molecule has 7 nitrogen and oxygen atoms in total. The van der Waals surface area contributed by atoms with Gasteiger partial charge < -0.3 is 19.4 Å². The molecule has 2 aromatic heterocycles. The quantitative estimate of drug-likeness (QED) is 0.623. The average molecular weight is 426 g/mol. The number of hydrogen-bond donors (Lipinski definition) is 1. The maximum atomic E-state index is 12.6. The van der Waals surface area contributed by atoms with Crippen LogP contribution in [-0.4, -0.2) is 29.9 Å². The first-order valence-electron chi connectivity index (χ1n) is 9.85. The zero-order valence-corrected chi connectivity index (χ0v) is 17.7. The third-order valence-electron chi connectivity index (χ3n) is 4.93. The molecule has 1 aliphatic heterocycles. The molecule has 1 atom stereocenters. The summed E-state index contributed by atoms with van der Waals surface area (Å²) in [5.41, 5.74) is 1.57. The topological polar surface area (TPSA) is 84.7 Å². The van der Waals surface area contributed by atoms with Crippen molar-refractivity contribution in [1.29, 1.82) is 0 Å². The van der Waals surface area contributed by atoms with E-state index in [2.05, 4.69) is 10.3 Å². The summed E-state index contributed by atoms with van der Waals surface area (Å²) in [6, 6.07) is 11.0. The number of rotatable bonds is 7. The standard InChI is InChI=1S/C22H23N3O4S/c1-3-28-17-6-4-16(5-7-17)25-12-15(10-21(25)26)22(27)23-11-18-8-9-20(29-18)19-13-30-14(2)24-19/h4-9,13,15H,3,10-12H2,1-2H3,(H,23,27)/t15-/m1/s1. The summed E-state index contributed by atoms with van der Waals surface area (Å²) in [5, 5.41) is 5.79. The first-order chi connectivity index (χ1) is 14.5. The van der Waals surface area contributed by atoms with Crippen molar-refractivity contribution in [1.82, 2.24) is 10.3 Å². The fourth-order valence-corrected chi connectivity index (χ4v) is 4.03. The Bertz CT molecular complexity index is 1040. The van der Waals surface area contributed by atoms with Crippen molar-refractivity contribution in [2.45, 2.75) is 26.8 Å².